The monoisotopic (exact) mass is 195 g/mol. The second kappa shape index (κ2) is 5.96. The Labute approximate surface area is 82.9 Å². The molecule has 4 heteroatoms. The van der Waals surface area contributed by atoms with Gasteiger partial charge in [0.15, 0.2) is 0 Å². The number of hydrogen-bond donors (Lipinski definition) is 0. The molecule has 1 aromatic rings. The first-order chi connectivity index (χ1) is 6.88. The number of carbonyl (C=O) groups excluding carboxylic acids is 1. The third kappa shape index (κ3) is 3.05. The fourth-order valence-corrected chi connectivity index (χ4v) is 1.17. The molecule has 0 unspecified atom stereocenters. The van der Waals surface area contributed by atoms with Crippen LogP contribution in [0.2, 0.25) is 0 Å². The summed E-state index contributed by atoms with van der Waals surface area (Å²) in [6, 6.07) is 3.69. The molecular weight excluding hydrogens is 182 g/mol. The van der Waals surface area contributed by atoms with E-state index in [-0.39, 0.29) is 0 Å². The van der Waals surface area contributed by atoms with Crippen molar-refractivity contribution in [3.05, 3.63) is 24.0 Å². The van der Waals surface area contributed by atoms with Gasteiger partial charge in [-0.25, -0.2) is 0 Å². The van der Waals surface area contributed by atoms with Gasteiger partial charge in [0, 0.05) is 6.20 Å². The van der Waals surface area contributed by atoms with Crippen LogP contribution in [0.1, 0.15) is 12.1 Å². The molecule has 1 rings (SSSR count). The molecule has 0 aromatic carbocycles. The van der Waals surface area contributed by atoms with Gasteiger partial charge in [0.05, 0.1) is 19.4 Å². The normalized spacial score (nSPS) is 9.50. The second-order valence-electron chi connectivity index (χ2n) is 2.72. The summed E-state index contributed by atoms with van der Waals surface area (Å²) in [5.74, 6) is 0.776. The maximum Gasteiger partial charge on any atom is 0.293 e. The summed E-state index contributed by atoms with van der Waals surface area (Å²) in [4.78, 5) is 14.1. The highest BCUT2D eigenvalue weighted by atomic mass is 16.5. The predicted molar refractivity (Wildman–Crippen MR) is 51.1 cm³/mol. The quantitative estimate of drug-likeness (QED) is 0.505. The molecule has 14 heavy (non-hydrogen) atoms. The van der Waals surface area contributed by atoms with Gasteiger partial charge in [-0.15, -0.1) is 0 Å². The van der Waals surface area contributed by atoms with Crippen LogP contribution in [0.4, 0.5) is 0 Å². The van der Waals surface area contributed by atoms with Gasteiger partial charge < -0.3 is 9.47 Å². The summed E-state index contributed by atoms with van der Waals surface area (Å²) >= 11 is 0. The summed E-state index contributed by atoms with van der Waals surface area (Å²) in [6.07, 6.45) is 3.22. The maximum atomic E-state index is 9.88. The molecule has 0 N–H and O–H groups in total. The summed E-state index contributed by atoms with van der Waals surface area (Å²) < 4.78 is 9.71. The number of ether oxygens (including phenoxy) is 2. The highest BCUT2D eigenvalue weighted by molar-refractivity contribution is 5.36. The minimum atomic E-state index is 0.420. The Bertz CT molecular complexity index is 288. The molecule has 0 atom stereocenters. The second-order valence-corrected chi connectivity index (χ2v) is 2.72. The zero-order valence-electron chi connectivity index (χ0n) is 8.10. The van der Waals surface area contributed by atoms with Crippen molar-refractivity contribution in [3.63, 3.8) is 0 Å². The Balaban J connectivity index is 2.44. The molecule has 1 aromatic heterocycles. The molecule has 0 aliphatic carbocycles. The Morgan fingerprint density at radius 1 is 1.57 bits per heavy atom. The van der Waals surface area contributed by atoms with Gasteiger partial charge in [-0.05, 0) is 25.0 Å². The number of pyridine rings is 1. The van der Waals surface area contributed by atoms with Gasteiger partial charge in [0.2, 0.25) is 0 Å². The number of hydrogen-bond acceptors (Lipinski definition) is 4. The summed E-state index contributed by atoms with van der Waals surface area (Å²) in [5, 5.41) is 0. The van der Waals surface area contributed by atoms with Gasteiger partial charge in [-0.2, -0.15) is 0 Å². The van der Waals surface area contributed by atoms with Crippen molar-refractivity contribution >= 4 is 6.47 Å². The summed E-state index contributed by atoms with van der Waals surface area (Å²) in [5.41, 5.74) is 0.893. The Morgan fingerprint density at radius 2 is 2.43 bits per heavy atom. The number of nitrogens with zero attached hydrogens (tertiary/aromatic N) is 1. The molecular formula is C10H13NO3. The van der Waals surface area contributed by atoms with Crippen LogP contribution >= 0.6 is 0 Å². The molecule has 0 bridgehead atoms. The van der Waals surface area contributed by atoms with Crippen molar-refractivity contribution < 1.29 is 14.3 Å². The maximum absolute atomic E-state index is 9.88. The highest BCUT2D eigenvalue weighted by Crippen LogP contribution is 2.15. The zero-order valence-corrected chi connectivity index (χ0v) is 8.10. The Morgan fingerprint density at radius 3 is 3.14 bits per heavy atom. The third-order valence-electron chi connectivity index (χ3n) is 1.81. The van der Waals surface area contributed by atoms with Crippen LogP contribution in [0.15, 0.2) is 18.3 Å². The van der Waals surface area contributed by atoms with Crippen LogP contribution in [0.3, 0.4) is 0 Å². The van der Waals surface area contributed by atoms with Crippen LogP contribution in [-0.2, 0) is 16.0 Å². The average Bonchev–Trinajstić information content (AvgIpc) is 2.25. The molecule has 76 valence electrons. The van der Waals surface area contributed by atoms with Crippen LogP contribution in [0.25, 0.3) is 0 Å². The van der Waals surface area contributed by atoms with Gasteiger partial charge in [0.1, 0.15) is 5.75 Å². The van der Waals surface area contributed by atoms with Crippen LogP contribution in [0, 0.1) is 0 Å². The first-order valence-corrected chi connectivity index (χ1v) is 4.41. The van der Waals surface area contributed by atoms with E-state index in [1.165, 1.54) is 0 Å². The fraction of sp³-hybridized carbons (Fsp3) is 0.400. The number of methoxy groups -OCH3 is 1. The van der Waals surface area contributed by atoms with Gasteiger partial charge in [-0.3, -0.25) is 9.78 Å². The van der Waals surface area contributed by atoms with E-state index in [2.05, 4.69) is 9.72 Å². The highest BCUT2D eigenvalue weighted by Gasteiger charge is 2.02. The Kier molecular flexibility index (Phi) is 4.47. The molecule has 0 saturated carbocycles. The molecule has 4 nitrogen and oxygen atoms in total. The third-order valence-corrected chi connectivity index (χ3v) is 1.81. The van der Waals surface area contributed by atoms with Crippen LogP contribution in [-0.4, -0.2) is 25.2 Å². The minimum absolute atomic E-state index is 0.420. The number of aromatic nitrogens is 1. The van der Waals surface area contributed by atoms with E-state index in [0.717, 1.165) is 24.3 Å². The van der Waals surface area contributed by atoms with Crippen molar-refractivity contribution in [2.24, 2.45) is 0 Å². The van der Waals surface area contributed by atoms with E-state index in [1.54, 1.807) is 13.3 Å². The van der Waals surface area contributed by atoms with Crippen LogP contribution in [0.5, 0.6) is 5.75 Å². The molecule has 0 aliphatic heterocycles. The topological polar surface area (TPSA) is 48.4 Å². The van der Waals surface area contributed by atoms with Crippen LogP contribution < -0.4 is 4.74 Å². The van der Waals surface area contributed by atoms with Gasteiger partial charge >= 0.3 is 0 Å². The van der Waals surface area contributed by atoms with Gasteiger partial charge in [-0.1, -0.05) is 0 Å². The molecule has 0 fully saturated rings. The standard InChI is InChI=1S/C10H13NO3/c1-13-10-5-2-6-11-9(10)4-3-7-14-8-12/h2,5-6,8H,3-4,7H2,1H3. The van der Waals surface area contributed by atoms with E-state index in [4.69, 9.17) is 4.74 Å². The summed E-state index contributed by atoms with van der Waals surface area (Å²) in [6.45, 7) is 0.874. The lowest BCUT2D eigenvalue weighted by Gasteiger charge is -2.05. The molecule has 0 spiro atoms. The summed E-state index contributed by atoms with van der Waals surface area (Å²) in [7, 11) is 1.61. The number of rotatable bonds is 6. The predicted octanol–water partition coefficient (Wildman–Crippen LogP) is 1.20. The van der Waals surface area contributed by atoms with Crippen molar-refractivity contribution in [3.8, 4) is 5.75 Å². The smallest absolute Gasteiger partial charge is 0.293 e. The molecule has 0 radical (unpaired) electrons. The first-order valence-electron chi connectivity index (χ1n) is 4.41. The van der Waals surface area contributed by atoms with E-state index < -0.39 is 0 Å². The van der Waals surface area contributed by atoms with E-state index in [1.807, 2.05) is 12.1 Å². The van der Waals surface area contributed by atoms with Crippen molar-refractivity contribution in [2.75, 3.05) is 13.7 Å². The van der Waals surface area contributed by atoms with E-state index in [0.29, 0.717) is 13.1 Å². The number of carbonyl (C=O) groups is 1. The zero-order chi connectivity index (χ0) is 10.2. The number of aryl methyl sites for hydroxylation is 1. The molecule has 0 aliphatic rings. The molecule has 0 saturated heterocycles. The van der Waals surface area contributed by atoms with Crippen molar-refractivity contribution in [1.29, 1.82) is 0 Å². The fourth-order valence-electron chi connectivity index (χ4n) is 1.17. The van der Waals surface area contributed by atoms with Gasteiger partial charge in [0.25, 0.3) is 6.47 Å². The lowest BCUT2D eigenvalue weighted by Crippen LogP contribution is -1.99. The van der Waals surface area contributed by atoms with E-state index in [9.17, 15) is 4.79 Å². The van der Waals surface area contributed by atoms with Crippen molar-refractivity contribution in [1.82, 2.24) is 4.98 Å². The van der Waals surface area contributed by atoms with Crippen molar-refractivity contribution in [2.45, 2.75) is 12.8 Å². The SMILES string of the molecule is COc1cccnc1CCCOC=O. The molecule has 0 amide bonds. The lowest BCUT2D eigenvalue weighted by molar-refractivity contribution is -0.128. The van der Waals surface area contributed by atoms with E-state index >= 15 is 0 Å². The minimum Gasteiger partial charge on any atom is -0.495 e. The molecule has 1 heterocycles. The largest absolute Gasteiger partial charge is 0.495 e. The average molecular weight is 195 g/mol. The lowest BCUT2D eigenvalue weighted by atomic mass is 10.2. The first kappa shape index (κ1) is 10.5. The Hall–Kier alpha value is -1.58.